The van der Waals surface area contributed by atoms with Gasteiger partial charge in [-0.1, -0.05) is 80.0 Å². The number of ether oxygens (including phenoxy) is 1. The van der Waals surface area contributed by atoms with E-state index >= 15 is 0 Å². The van der Waals surface area contributed by atoms with Crippen molar-refractivity contribution < 1.29 is 9.84 Å². The van der Waals surface area contributed by atoms with Crippen LogP contribution in [-0.4, -0.2) is 36.2 Å². The summed E-state index contributed by atoms with van der Waals surface area (Å²) in [5.41, 5.74) is 3.32. The third-order valence-corrected chi connectivity index (χ3v) is 7.10. The van der Waals surface area contributed by atoms with Crippen LogP contribution in [0.1, 0.15) is 49.3 Å². The number of allylic oxidation sites excluding steroid dienone is 1. The van der Waals surface area contributed by atoms with Crippen LogP contribution in [0.15, 0.2) is 84.9 Å². The number of benzene rings is 3. The molecule has 1 aliphatic rings. The van der Waals surface area contributed by atoms with E-state index in [0.29, 0.717) is 18.1 Å². The summed E-state index contributed by atoms with van der Waals surface area (Å²) in [4.78, 5) is 2.35. The predicted octanol–water partition coefficient (Wildman–Crippen LogP) is 6.91. The molecule has 0 fully saturated rings. The monoisotopic (exact) mass is 475 g/mol. The van der Waals surface area contributed by atoms with Crippen LogP contribution >= 0.6 is 11.6 Å². The Morgan fingerprint density at radius 2 is 1.62 bits per heavy atom. The Morgan fingerprint density at radius 3 is 2.26 bits per heavy atom. The first kappa shape index (κ1) is 24.5. The van der Waals surface area contributed by atoms with Crippen LogP contribution in [0.2, 0.25) is 5.02 Å². The molecule has 3 aromatic carbocycles. The van der Waals surface area contributed by atoms with E-state index in [1.54, 1.807) is 0 Å². The maximum atomic E-state index is 11.8. The minimum Gasteiger partial charge on any atom is -0.492 e. The van der Waals surface area contributed by atoms with E-state index in [2.05, 4.69) is 55.1 Å². The van der Waals surface area contributed by atoms with Crippen molar-refractivity contribution in [3.8, 4) is 5.75 Å². The lowest BCUT2D eigenvalue weighted by atomic mass is 9.72. The fraction of sp³-hybridized carbons (Fsp3) is 0.333. The number of likely N-dealkylation sites (N-methyl/N-ethyl adjacent to an activating group) is 1. The Balaban J connectivity index is 1.58. The van der Waals surface area contributed by atoms with Gasteiger partial charge in [-0.3, -0.25) is 0 Å². The lowest BCUT2D eigenvalue weighted by Crippen LogP contribution is -2.29. The Labute approximate surface area is 208 Å². The van der Waals surface area contributed by atoms with E-state index in [0.717, 1.165) is 48.5 Å². The SMILES string of the molecule is CCN(CC)CCOc1ccc(C2=CC(O)(c3ccc(Cl)cc3)CC(c3ccccc3)C2)cc1. The number of hydrogen-bond donors (Lipinski definition) is 1. The van der Waals surface area contributed by atoms with Crippen molar-refractivity contribution in [2.24, 2.45) is 0 Å². The third kappa shape index (κ3) is 5.90. The van der Waals surface area contributed by atoms with Crippen molar-refractivity contribution >= 4 is 17.2 Å². The number of rotatable bonds is 9. The quantitative estimate of drug-likeness (QED) is 0.365. The molecule has 2 unspecified atom stereocenters. The highest BCUT2D eigenvalue weighted by Gasteiger charge is 2.36. The molecule has 0 aliphatic heterocycles. The summed E-state index contributed by atoms with van der Waals surface area (Å²) in [6.45, 7) is 8.01. The smallest absolute Gasteiger partial charge is 0.119 e. The fourth-order valence-corrected chi connectivity index (χ4v) is 4.94. The Bertz CT molecular complexity index is 1080. The van der Waals surface area contributed by atoms with Crippen molar-refractivity contribution in [1.29, 1.82) is 0 Å². The number of nitrogens with zero attached hydrogens (tertiary/aromatic N) is 1. The minimum absolute atomic E-state index is 0.215. The van der Waals surface area contributed by atoms with Gasteiger partial charge in [0.05, 0.1) is 0 Å². The summed E-state index contributed by atoms with van der Waals surface area (Å²) in [6.07, 6.45) is 3.54. The highest BCUT2D eigenvalue weighted by molar-refractivity contribution is 6.30. The molecule has 3 aromatic rings. The topological polar surface area (TPSA) is 32.7 Å². The van der Waals surface area contributed by atoms with Crippen LogP contribution in [0.4, 0.5) is 0 Å². The molecule has 2 atom stereocenters. The molecule has 0 saturated heterocycles. The second-order valence-corrected chi connectivity index (χ2v) is 9.45. The number of aliphatic hydroxyl groups is 1. The summed E-state index contributed by atoms with van der Waals surface area (Å²) >= 11 is 6.12. The molecule has 34 heavy (non-hydrogen) atoms. The van der Waals surface area contributed by atoms with E-state index in [9.17, 15) is 5.11 Å². The van der Waals surface area contributed by atoms with Gasteiger partial charge < -0.3 is 14.7 Å². The number of halogens is 1. The minimum atomic E-state index is -1.06. The molecular formula is C30H34ClNO2. The largest absolute Gasteiger partial charge is 0.492 e. The first-order valence-corrected chi connectivity index (χ1v) is 12.6. The summed E-state index contributed by atoms with van der Waals surface area (Å²) < 4.78 is 5.97. The standard InChI is InChI=1S/C30H34ClNO2/c1-3-32(4-2)18-19-34-29-16-10-24(11-17-29)26-20-25(23-8-6-5-7-9-23)21-30(33,22-26)27-12-14-28(31)15-13-27/h5-17,22,25,33H,3-4,18-21H2,1-2H3. The van der Waals surface area contributed by atoms with Gasteiger partial charge in [0.25, 0.3) is 0 Å². The van der Waals surface area contributed by atoms with Crippen molar-refractivity contribution in [1.82, 2.24) is 4.90 Å². The molecule has 178 valence electrons. The number of hydrogen-bond acceptors (Lipinski definition) is 3. The molecule has 0 aromatic heterocycles. The van der Waals surface area contributed by atoms with E-state index in [4.69, 9.17) is 16.3 Å². The Hall–Kier alpha value is -2.59. The van der Waals surface area contributed by atoms with Gasteiger partial charge in [0, 0.05) is 11.6 Å². The van der Waals surface area contributed by atoms with Crippen molar-refractivity contribution in [2.45, 2.75) is 38.2 Å². The highest BCUT2D eigenvalue weighted by Crippen LogP contribution is 2.46. The van der Waals surface area contributed by atoms with Gasteiger partial charge in [-0.15, -0.1) is 0 Å². The van der Waals surface area contributed by atoms with Crippen molar-refractivity contribution in [3.63, 3.8) is 0 Å². The fourth-order valence-electron chi connectivity index (χ4n) is 4.82. The molecule has 4 rings (SSSR count). The van der Waals surface area contributed by atoms with Gasteiger partial charge >= 0.3 is 0 Å². The van der Waals surface area contributed by atoms with E-state index in [1.165, 1.54) is 5.56 Å². The maximum Gasteiger partial charge on any atom is 0.119 e. The molecule has 0 spiro atoms. The van der Waals surface area contributed by atoms with Gasteiger partial charge in [0.1, 0.15) is 18.0 Å². The van der Waals surface area contributed by atoms with Crippen molar-refractivity contribution in [2.75, 3.05) is 26.2 Å². The molecule has 0 heterocycles. The average Bonchev–Trinajstić information content (AvgIpc) is 2.87. The zero-order valence-corrected chi connectivity index (χ0v) is 20.8. The summed E-state index contributed by atoms with van der Waals surface area (Å²) in [7, 11) is 0. The zero-order chi connectivity index (χ0) is 24.0. The first-order valence-electron chi connectivity index (χ1n) is 12.2. The Kier molecular flexibility index (Phi) is 8.10. The zero-order valence-electron chi connectivity index (χ0n) is 20.1. The molecular weight excluding hydrogens is 442 g/mol. The van der Waals surface area contributed by atoms with Crippen LogP contribution in [0.3, 0.4) is 0 Å². The molecule has 0 radical (unpaired) electrons. The lowest BCUT2D eigenvalue weighted by Gasteiger charge is -2.36. The van der Waals surface area contributed by atoms with E-state index < -0.39 is 5.60 Å². The molecule has 0 bridgehead atoms. The van der Waals surface area contributed by atoms with Crippen LogP contribution in [0, 0.1) is 0 Å². The molecule has 0 saturated carbocycles. The Morgan fingerprint density at radius 1 is 0.941 bits per heavy atom. The molecule has 1 N–H and O–H groups in total. The van der Waals surface area contributed by atoms with Gasteiger partial charge in [-0.2, -0.15) is 0 Å². The first-order chi connectivity index (χ1) is 16.5. The molecule has 0 amide bonds. The van der Waals surface area contributed by atoms with Crippen LogP contribution in [0.25, 0.3) is 5.57 Å². The van der Waals surface area contributed by atoms with Gasteiger partial charge in [0.15, 0.2) is 0 Å². The molecule has 4 heteroatoms. The summed E-state index contributed by atoms with van der Waals surface area (Å²) in [6, 6.07) is 26.3. The van der Waals surface area contributed by atoms with Crippen LogP contribution < -0.4 is 4.74 Å². The van der Waals surface area contributed by atoms with Crippen molar-refractivity contribution in [3.05, 3.63) is 107 Å². The molecule has 1 aliphatic carbocycles. The highest BCUT2D eigenvalue weighted by atomic mass is 35.5. The lowest BCUT2D eigenvalue weighted by molar-refractivity contribution is 0.0672. The van der Waals surface area contributed by atoms with Gasteiger partial charge in [0.2, 0.25) is 0 Å². The second-order valence-electron chi connectivity index (χ2n) is 9.02. The normalized spacial score (nSPS) is 20.3. The van der Waals surface area contributed by atoms with E-state index in [1.807, 2.05) is 48.5 Å². The third-order valence-electron chi connectivity index (χ3n) is 6.85. The van der Waals surface area contributed by atoms with Crippen LogP contribution in [-0.2, 0) is 5.60 Å². The average molecular weight is 476 g/mol. The maximum absolute atomic E-state index is 11.8. The van der Waals surface area contributed by atoms with Crippen LogP contribution in [0.5, 0.6) is 5.75 Å². The predicted molar refractivity (Wildman–Crippen MR) is 141 cm³/mol. The van der Waals surface area contributed by atoms with E-state index in [-0.39, 0.29) is 5.92 Å². The summed E-state index contributed by atoms with van der Waals surface area (Å²) in [5.74, 6) is 1.09. The second kappa shape index (κ2) is 11.2. The molecule has 3 nitrogen and oxygen atoms in total. The summed E-state index contributed by atoms with van der Waals surface area (Å²) in [5, 5.41) is 12.5. The van der Waals surface area contributed by atoms with Gasteiger partial charge in [-0.25, -0.2) is 0 Å². The van der Waals surface area contributed by atoms with Gasteiger partial charge in [-0.05, 0) is 84.5 Å².